The van der Waals surface area contributed by atoms with Crippen molar-refractivity contribution < 1.29 is 14.7 Å². The summed E-state index contributed by atoms with van der Waals surface area (Å²) in [6.45, 7) is 5.31. The molecule has 114 valence electrons. The molecule has 2 aromatic carbocycles. The van der Waals surface area contributed by atoms with Gasteiger partial charge in [0, 0.05) is 23.0 Å². The smallest absolute Gasteiger partial charge is 0.170 e. The van der Waals surface area contributed by atoms with Gasteiger partial charge < -0.3 is 5.11 Å². The third-order valence-electron chi connectivity index (χ3n) is 3.78. The molecule has 0 spiro atoms. The highest BCUT2D eigenvalue weighted by atomic mass is 16.3. The zero-order chi connectivity index (χ0) is 16.3. The van der Waals surface area contributed by atoms with E-state index in [1.807, 2.05) is 6.07 Å². The van der Waals surface area contributed by atoms with E-state index in [0.717, 1.165) is 0 Å². The molecule has 3 nitrogen and oxygen atoms in total. The molecule has 0 radical (unpaired) electrons. The van der Waals surface area contributed by atoms with Gasteiger partial charge >= 0.3 is 0 Å². The first-order valence-corrected chi connectivity index (χ1v) is 7.38. The van der Waals surface area contributed by atoms with Crippen LogP contribution in [-0.4, -0.2) is 16.7 Å². The van der Waals surface area contributed by atoms with Gasteiger partial charge in [0.2, 0.25) is 0 Å². The van der Waals surface area contributed by atoms with Crippen molar-refractivity contribution in [2.24, 2.45) is 5.92 Å². The number of ketones is 2. The molecule has 1 N–H and O–H groups in total. The van der Waals surface area contributed by atoms with Crippen LogP contribution in [0.4, 0.5) is 0 Å². The molecule has 0 aliphatic carbocycles. The Morgan fingerprint density at radius 3 is 2.09 bits per heavy atom. The number of phenolic OH excluding ortho intramolecular Hbond substituents is 1. The van der Waals surface area contributed by atoms with E-state index in [9.17, 15) is 14.7 Å². The minimum atomic E-state index is -0.512. The first-order valence-electron chi connectivity index (χ1n) is 7.38. The van der Waals surface area contributed by atoms with E-state index in [1.54, 1.807) is 63.2 Å². The average Bonchev–Trinajstić information content (AvgIpc) is 2.54. The average molecular weight is 296 g/mol. The van der Waals surface area contributed by atoms with Gasteiger partial charge in [-0.1, -0.05) is 63.2 Å². The van der Waals surface area contributed by atoms with Gasteiger partial charge in [0.25, 0.3) is 0 Å². The summed E-state index contributed by atoms with van der Waals surface area (Å²) < 4.78 is 0. The second-order valence-corrected chi connectivity index (χ2v) is 5.71. The van der Waals surface area contributed by atoms with E-state index in [0.29, 0.717) is 11.1 Å². The van der Waals surface area contributed by atoms with Crippen LogP contribution in [0.3, 0.4) is 0 Å². The Morgan fingerprint density at radius 1 is 0.864 bits per heavy atom. The Kier molecular flexibility index (Phi) is 4.76. The lowest BCUT2D eigenvalue weighted by atomic mass is 9.88. The third-order valence-corrected chi connectivity index (χ3v) is 3.78. The van der Waals surface area contributed by atoms with Crippen molar-refractivity contribution in [1.29, 1.82) is 0 Å². The summed E-state index contributed by atoms with van der Waals surface area (Å²) in [6, 6.07) is 14.0. The van der Waals surface area contributed by atoms with E-state index in [2.05, 4.69) is 0 Å². The lowest BCUT2D eigenvalue weighted by Crippen LogP contribution is -2.13. The molecule has 1 unspecified atom stereocenters. The van der Waals surface area contributed by atoms with Crippen molar-refractivity contribution in [3.05, 3.63) is 65.2 Å². The van der Waals surface area contributed by atoms with Gasteiger partial charge in [-0.05, 0) is 6.07 Å². The molecule has 0 amide bonds. The highest BCUT2D eigenvalue weighted by Crippen LogP contribution is 2.32. The van der Waals surface area contributed by atoms with Gasteiger partial charge in [0.1, 0.15) is 5.75 Å². The molecule has 0 saturated heterocycles. The van der Waals surface area contributed by atoms with Gasteiger partial charge in [0.05, 0.1) is 5.56 Å². The zero-order valence-electron chi connectivity index (χ0n) is 13.0. The van der Waals surface area contributed by atoms with Crippen LogP contribution in [-0.2, 0) is 0 Å². The number of aromatic hydroxyl groups is 1. The van der Waals surface area contributed by atoms with Crippen molar-refractivity contribution in [1.82, 2.24) is 0 Å². The number of carbonyl (C=O) groups is 2. The van der Waals surface area contributed by atoms with Crippen LogP contribution in [0.25, 0.3) is 0 Å². The number of Topliss-reactive ketones (excluding diaryl/α,β-unsaturated/α-hetero) is 2. The van der Waals surface area contributed by atoms with Crippen LogP contribution >= 0.6 is 0 Å². The van der Waals surface area contributed by atoms with Gasteiger partial charge in [-0.3, -0.25) is 9.59 Å². The second kappa shape index (κ2) is 6.56. The number of para-hydroxylation sites is 1. The Bertz CT molecular complexity index is 687. The van der Waals surface area contributed by atoms with Crippen LogP contribution in [0.15, 0.2) is 48.5 Å². The number of benzene rings is 2. The molecule has 0 aliphatic rings. The minimum absolute atomic E-state index is 0.0787. The van der Waals surface area contributed by atoms with Crippen LogP contribution < -0.4 is 0 Å². The molecule has 1 atom stereocenters. The standard InChI is InChI=1S/C19H20O3/c1-12(2)17(20)16-11-7-10-15(19(16)22)13(3)18(21)14-8-5-4-6-9-14/h4-13,22H,1-3H3. The summed E-state index contributed by atoms with van der Waals surface area (Å²) in [7, 11) is 0. The highest BCUT2D eigenvalue weighted by Gasteiger charge is 2.23. The second-order valence-electron chi connectivity index (χ2n) is 5.71. The van der Waals surface area contributed by atoms with Crippen LogP contribution in [0.5, 0.6) is 5.75 Å². The third kappa shape index (κ3) is 3.08. The van der Waals surface area contributed by atoms with Gasteiger partial charge in [-0.25, -0.2) is 0 Å². The van der Waals surface area contributed by atoms with E-state index >= 15 is 0 Å². The van der Waals surface area contributed by atoms with Crippen molar-refractivity contribution in [3.63, 3.8) is 0 Å². The maximum absolute atomic E-state index is 12.5. The van der Waals surface area contributed by atoms with E-state index in [4.69, 9.17) is 0 Å². The van der Waals surface area contributed by atoms with Crippen molar-refractivity contribution >= 4 is 11.6 Å². The zero-order valence-corrected chi connectivity index (χ0v) is 13.0. The predicted octanol–water partition coefficient (Wildman–Crippen LogP) is 4.22. The first-order chi connectivity index (χ1) is 10.4. The Balaban J connectivity index is 2.39. The molecular formula is C19H20O3. The summed E-state index contributed by atoms with van der Waals surface area (Å²) in [5.41, 5.74) is 1.36. The topological polar surface area (TPSA) is 54.4 Å². The molecule has 2 rings (SSSR count). The number of carbonyl (C=O) groups excluding carboxylic acids is 2. The molecular weight excluding hydrogens is 276 g/mol. The number of hydrogen-bond donors (Lipinski definition) is 1. The van der Waals surface area contributed by atoms with E-state index < -0.39 is 5.92 Å². The normalized spacial score (nSPS) is 12.2. The molecule has 0 bridgehead atoms. The maximum Gasteiger partial charge on any atom is 0.170 e. The Hall–Kier alpha value is -2.42. The fourth-order valence-corrected chi connectivity index (χ4v) is 2.41. The Labute approximate surface area is 130 Å². The fourth-order valence-electron chi connectivity index (χ4n) is 2.41. The van der Waals surface area contributed by atoms with Crippen molar-refractivity contribution in [2.75, 3.05) is 0 Å². The highest BCUT2D eigenvalue weighted by molar-refractivity contribution is 6.03. The van der Waals surface area contributed by atoms with Gasteiger partial charge in [-0.15, -0.1) is 0 Å². The molecule has 22 heavy (non-hydrogen) atoms. The van der Waals surface area contributed by atoms with E-state index in [1.165, 1.54) is 0 Å². The summed E-state index contributed by atoms with van der Waals surface area (Å²) in [6.07, 6.45) is 0. The summed E-state index contributed by atoms with van der Waals surface area (Å²) in [5, 5.41) is 10.4. The summed E-state index contributed by atoms with van der Waals surface area (Å²) >= 11 is 0. The quantitative estimate of drug-likeness (QED) is 0.841. The van der Waals surface area contributed by atoms with Crippen LogP contribution in [0, 0.1) is 5.92 Å². The van der Waals surface area contributed by atoms with Crippen molar-refractivity contribution in [3.8, 4) is 5.75 Å². The number of phenols is 1. The number of hydrogen-bond acceptors (Lipinski definition) is 3. The lowest BCUT2D eigenvalue weighted by Gasteiger charge is -2.15. The predicted molar refractivity (Wildman–Crippen MR) is 86.5 cm³/mol. The molecule has 0 saturated carbocycles. The van der Waals surface area contributed by atoms with Gasteiger partial charge in [-0.2, -0.15) is 0 Å². The molecule has 0 fully saturated rings. The fraction of sp³-hybridized carbons (Fsp3) is 0.263. The van der Waals surface area contributed by atoms with Crippen LogP contribution in [0.2, 0.25) is 0 Å². The minimum Gasteiger partial charge on any atom is -0.507 e. The largest absolute Gasteiger partial charge is 0.507 e. The summed E-state index contributed by atoms with van der Waals surface area (Å²) in [4.78, 5) is 24.7. The monoisotopic (exact) mass is 296 g/mol. The molecule has 3 heteroatoms. The lowest BCUT2D eigenvalue weighted by molar-refractivity contribution is 0.0931. The summed E-state index contributed by atoms with van der Waals surface area (Å²) in [5.74, 6) is -1.01. The molecule has 0 aliphatic heterocycles. The molecule has 2 aromatic rings. The SMILES string of the molecule is CC(C)C(=O)c1cccc(C(C)C(=O)c2ccccc2)c1O. The first kappa shape index (κ1) is 16.0. The van der Waals surface area contributed by atoms with Crippen molar-refractivity contribution in [2.45, 2.75) is 26.7 Å². The van der Waals surface area contributed by atoms with Crippen LogP contribution in [0.1, 0.15) is 53.0 Å². The van der Waals surface area contributed by atoms with Gasteiger partial charge in [0.15, 0.2) is 11.6 Å². The van der Waals surface area contributed by atoms with E-state index in [-0.39, 0.29) is 28.8 Å². The number of rotatable bonds is 5. The maximum atomic E-state index is 12.5. The molecule has 0 aromatic heterocycles. The Morgan fingerprint density at radius 2 is 1.50 bits per heavy atom. The molecule has 0 heterocycles.